The van der Waals surface area contributed by atoms with E-state index < -0.39 is 0 Å². The summed E-state index contributed by atoms with van der Waals surface area (Å²) < 4.78 is 0. The summed E-state index contributed by atoms with van der Waals surface area (Å²) in [4.78, 5) is 0. The molecule has 0 aromatic heterocycles. The van der Waals surface area contributed by atoms with E-state index in [4.69, 9.17) is 0 Å². The molecule has 1 N–H and O–H groups in total. The number of hydrogen-bond acceptors (Lipinski definition) is 1. The van der Waals surface area contributed by atoms with E-state index in [-0.39, 0.29) is 0 Å². The first kappa shape index (κ1) is 9.41. The first-order chi connectivity index (χ1) is 7.33. The highest BCUT2D eigenvalue weighted by Crippen LogP contribution is 2.40. The van der Waals surface area contributed by atoms with Gasteiger partial charge in [-0.25, -0.2) is 0 Å². The molecule has 2 aliphatic rings. The predicted molar refractivity (Wildman–Crippen MR) is 63.0 cm³/mol. The second kappa shape index (κ2) is 3.64. The number of benzene rings is 1. The number of rotatable bonds is 4. The van der Waals surface area contributed by atoms with Crippen molar-refractivity contribution in [3.63, 3.8) is 0 Å². The second-order valence-corrected chi connectivity index (χ2v) is 5.12. The lowest BCUT2D eigenvalue weighted by Gasteiger charge is -2.08. The van der Waals surface area contributed by atoms with Gasteiger partial charge in [0.25, 0.3) is 0 Å². The summed E-state index contributed by atoms with van der Waals surface area (Å²) in [5, 5.41) is 3.58. The first-order valence-electron chi connectivity index (χ1n) is 6.16. The van der Waals surface area contributed by atoms with Gasteiger partial charge >= 0.3 is 0 Å². The topological polar surface area (TPSA) is 12.0 Å². The Morgan fingerprint density at radius 2 is 2.00 bits per heavy atom. The van der Waals surface area contributed by atoms with Gasteiger partial charge in [-0.05, 0) is 55.2 Å². The summed E-state index contributed by atoms with van der Waals surface area (Å²) in [5.74, 6) is 0.883. The van der Waals surface area contributed by atoms with E-state index in [1.54, 1.807) is 5.56 Å². The average molecular weight is 201 g/mol. The van der Waals surface area contributed by atoms with Gasteiger partial charge in [-0.2, -0.15) is 0 Å². The monoisotopic (exact) mass is 201 g/mol. The molecule has 15 heavy (non-hydrogen) atoms. The normalized spacial score (nSPS) is 20.6. The molecular weight excluding hydrogens is 182 g/mol. The van der Waals surface area contributed by atoms with Crippen molar-refractivity contribution in [2.45, 2.75) is 51.1 Å². The van der Waals surface area contributed by atoms with Crippen molar-refractivity contribution in [1.29, 1.82) is 0 Å². The molecule has 2 saturated carbocycles. The standard InChI is InChI=1S/C14H19N/c1-10-8-12(11-2-3-11)4-5-13(10)9-15-14-6-7-14/h4-5,8,11,14-15H,2-3,6-7,9H2,1H3. The summed E-state index contributed by atoms with van der Waals surface area (Å²) in [7, 11) is 0. The summed E-state index contributed by atoms with van der Waals surface area (Å²) in [6.07, 6.45) is 5.55. The van der Waals surface area contributed by atoms with Crippen LogP contribution in [0.4, 0.5) is 0 Å². The maximum Gasteiger partial charge on any atom is 0.0210 e. The highest BCUT2D eigenvalue weighted by Gasteiger charge is 2.24. The zero-order valence-corrected chi connectivity index (χ0v) is 9.42. The minimum Gasteiger partial charge on any atom is -0.310 e. The third kappa shape index (κ3) is 2.23. The van der Waals surface area contributed by atoms with Crippen molar-refractivity contribution >= 4 is 0 Å². The lowest BCUT2D eigenvalue weighted by atomic mass is 10.0. The Morgan fingerprint density at radius 1 is 1.20 bits per heavy atom. The van der Waals surface area contributed by atoms with Crippen LogP contribution in [0.15, 0.2) is 18.2 Å². The summed E-state index contributed by atoms with van der Waals surface area (Å²) in [6.45, 7) is 3.30. The Morgan fingerprint density at radius 3 is 2.60 bits per heavy atom. The van der Waals surface area contributed by atoms with E-state index >= 15 is 0 Å². The molecule has 1 nitrogen and oxygen atoms in total. The van der Waals surface area contributed by atoms with E-state index in [2.05, 4.69) is 30.4 Å². The third-order valence-corrected chi connectivity index (χ3v) is 3.57. The Labute approximate surface area is 91.9 Å². The van der Waals surface area contributed by atoms with Gasteiger partial charge in [-0.1, -0.05) is 18.2 Å². The van der Waals surface area contributed by atoms with Crippen LogP contribution in [-0.2, 0) is 6.54 Å². The van der Waals surface area contributed by atoms with Crippen molar-refractivity contribution in [2.75, 3.05) is 0 Å². The highest BCUT2D eigenvalue weighted by atomic mass is 14.9. The predicted octanol–water partition coefficient (Wildman–Crippen LogP) is 3.12. The van der Waals surface area contributed by atoms with Crippen LogP contribution in [0.2, 0.25) is 0 Å². The fourth-order valence-electron chi connectivity index (χ4n) is 2.13. The van der Waals surface area contributed by atoms with E-state index in [9.17, 15) is 0 Å². The van der Waals surface area contributed by atoms with Crippen LogP contribution in [0.25, 0.3) is 0 Å². The molecule has 0 aliphatic heterocycles. The molecule has 0 spiro atoms. The van der Waals surface area contributed by atoms with E-state index in [0.29, 0.717) is 0 Å². The molecule has 0 saturated heterocycles. The second-order valence-electron chi connectivity index (χ2n) is 5.12. The van der Waals surface area contributed by atoms with Crippen molar-refractivity contribution in [3.05, 3.63) is 34.9 Å². The molecule has 1 heteroatoms. The minimum absolute atomic E-state index is 0.813. The van der Waals surface area contributed by atoms with Gasteiger partial charge in [0, 0.05) is 12.6 Å². The van der Waals surface area contributed by atoms with Gasteiger partial charge in [-0.3, -0.25) is 0 Å². The Bertz CT molecular complexity index is 362. The lowest BCUT2D eigenvalue weighted by Crippen LogP contribution is -2.16. The Kier molecular flexibility index (Phi) is 2.28. The van der Waals surface area contributed by atoms with Gasteiger partial charge in [0.15, 0.2) is 0 Å². The van der Waals surface area contributed by atoms with Crippen molar-refractivity contribution in [3.8, 4) is 0 Å². The van der Waals surface area contributed by atoms with Gasteiger partial charge in [-0.15, -0.1) is 0 Å². The lowest BCUT2D eigenvalue weighted by molar-refractivity contribution is 0.685. The molecule has 0 amide bonds. The average Bonchev–Trinajstić information content (AvgIpc) is 3.09. The van der Waals surface area contributed by atoms with Crippen LogP contribution in [0.1, 0.15) is 48.3 Å². The van der Waals surface area contributed by atoms with Crippen molar-refractivity contribution < 1.29 is 0 Å². The molecule has 0 bridgehead atoms. The molecular formula is C14H19N. The third-order valence-electron chi connectivity index (χ3n) is 3.57. The van der Waals surface area contributed by atoms with Gasteiger partial charge < -0.3 is 5.32 Å². The molecule has 2 fully saturated rings. The molecule has 0 atom stereocenters. The van der Waals surface area contributed by atoms with E-state index in [0.717, 1.165) is 18.5 Å². The maximum atomic E-state index is 3.58. The Balaban J connectivity index is 1.70. The number of hydrogen-bond donors (Lipinski definition) is 1. The zero-order chi connectivity index (χ0) is 10.3. The minimum atomic E-state index is 0.813. The zero-order valence-electron chi connectivity index (χ0n) is 9.42. The fraction of sp³-hybridized carbons (Fsp3) is 0.571. The quantitative estimate of drug-likeness (QED) is 0.789. The summed E-state index contributed by atoms with van der Waals surface area (Å²) in [5.41, 5.74) is 4.50. The molecule has 2 aliphatic carbocycles. The molecule has 1 aromatic carbocycles. The fourth-order valence-corrected chi connectivity index (χ4v) is 2.13. The van der Waals surface area contributed by atoms with Crippen LogP contribution in [0.5, 0.6) is 0 Å². The maximum absolute atomic E-state index is 3.58. The van der Waals surface area contributed by atoms with Crippen LogP contribution in [-0.4, -0.2) is 6.04 Å². The van der Waals surface area contributed by atoms with Crippen molar-refractivity contribution in [2.24, 2.45) is 0 Å². The number of nitrogens with one attached hydrogen (secondary N) is 1. The Hall–Kier alpha value is -0.820. The van der Waals surface area contributed by atoms with Crippen LogP contribution < -0.4 is 5.32 Å². The van der Waals surface area contributed by atoms with Crippen LogP contribution in [0.3, 0.4) is 0 Å². The molecule has 80 valence electrons. The smallest absolute Gasteiger partial charge is 0.0210 e. The molecule has 0 heterocycles. The van der Waals surface area contributed by atoms with Crippen LogP contribution in [0, 0.1) is 6.92 Å². The molecule has 0 radical (unpaired) electrons. The van der Waals surface area contributed by atoms with E-state index in [1.807, 2.05) is 0 Å². The highest BCUT2D eigenvalue weighted by molar-refractivity contribution is 5.34. The van der Waals surface area contributed by atoms with Gasteiger partial charge in [0.1, 0.15) is 0 Å². The van der Waals surface area contributed by atoms with E-state index in [1.165, 1.54) is 36.8 Å². The van der Waals surface area contributed by atoms with Crippen molar-refractivity contribution in [1.82, 2.24) is 5.32 Å². The summed E-state index contributed by atoms with van der Waals surface area (Å²) >= 11 is 0. The molecule has 3 rings (SSSR count). The van der Waals surface area contributed by atoms with Crippen LogP contribution >= 0.6 is 0 Å². The van der Waals surface area contributed by atoms with Gasteiger partial charge in [0.2, 0.25) is 0 Å². The van der Waals surface area contributed by atoms with Gasteiger partial charge in [0.05, 0.1) is 0 Å². The summed E-state index contributed by atoms with van der Waals surface area (Å²) in [6, 6.07) is 7.85. The first-order valence-corrected chi connectivity index (χ1v) is 6.16. The molecule has 1 aromatic rings. The largest absolute Gasteiger partial charge is 0.310 e. The number of aryl methyl sites for hydroxylation is 1. The SMILES string of the molecule is Cc1cc(C2CC2)ccc1CNC1CC1. The molecule has 0 unspecified atom stereocenters.